The number of nitrogens with zero attached hydrogens (tertiary/aromatic N) is 3. The number of fused-ring (bicyclic) bond motifs is 1. The molecule has 2 aromatic carbocycles. The number of esters is 1. The summed E-state index contributed by atoms with van der Waals surface area (Å²) in [5.41, 5.74) is 3.68. The van der Waals surface area contributed by atoms with Crippen LogP contribution in [-0.4, -0.2) is 39.2 Å². The third-order valence-corrected chi connectivity index (χ3v) is 8.35. The smallest absolute Gasteiger partial charge is 0.325 e. The lowest BCUT2D eigenvalue weighted by molar-refractivity contribution is -0.143. The number of amidine groups is 1. The lowest BCUT2D eigenvalue weighted by Gasteiger charge is -2.35. The molecular formula is C30H33N3O3S. The zero-order valence-corrected chi connectivity index (χ0v) is 22.5. The van der Waals surface area contributed by atoms with Gasteiger partial charge in [0.1, 0.15) is 6.54 Å². The van der Waals surface area contributed by atoms with Crippen molar-refractivity contribution in [3.8, 4) is 0 Å². The van der Waals surface area contributed by atoms with Crippen molar-refractivity contribution >= 4 is 51.5 Å². The SMILES string of the molecule is CCOC(=O)Cn1c(C)c(/C=C2\SC(=Nc3ccccc3)N([C@@H]3CCCC[C@H]3C)C2=O)c2ccccc21. The normalized spacial score (nSPS) is 22.4. The molecule has 2 fully saturated rings. The molecule has 6 nitrogen and oxygen atoms in total. The van der Waals surface area contributed by atoms with E-state index in [0.717, 1.165) is 52.3 Å². The first-order chi connectivity index (χ1) is 18.0. The van der Waals surface area contributed by atoms with Crippen LogP contribution in [0.15, 0.2) is 64.5 Å². The molecule has 3 aromatic rings. The summed E-state index contributed by atoms with van der Waals surface area (Å²) in [5, 5.41) is 1.75. The second-order valence-electron chi connectivity index (χ2n) is 9.75. The van der Waals surface area contributed by atoms with Crippen molar-refractivity contribution in [1.29, 1.82) is 0 Å². The van der Waals surface area contributed by atoms with Gasteiger partial charge in [0, 0.05) is 28.2 Å². The number of carbonyl (C=O) groups excluding carboxylic acids is 2. The van der Waals surface area contributed by atoms with Gasteiger partial charge in [0.25, 0.3) is 5.91 Å². The Hall–Kier alpha value is -3.32. The first kappa shape index (κ1) is 25.3. The molecule has 0 unspecified atom stereocenters. The first-order valence-corrected chi connectivity index (χ1v) is 13.9. The number of thioether (sulfide) groups is 1. The summed E-state index contributed by atoms with van der Waals surface area (Å²) in [6, 6.07) is 18.0. The number of para-hydroxylation sites is 2. The third kappa shape index (κ3) is 5.10. The van der Waals surface area contributed by atoms with Gasteiger partial charge in [-0.15, -0.1) is 0 Å². The lowest BCUT2D eigenvalue weighted by atomic mass is 9.85. The fourth-order valence-electron chi connectivity index (χ4n) is 5.46. The highest BCUT2D eigenvalue weighted by molar-refractivity contribution is 8.18. The van der Waals surface area contributed by atoms with Gasteiger partial charge in [-0.1, -0.05) is 56.2 Å². The molecule has 2 aliphatic rings. The number of carbonyl (C=O) groups is 2. The van der Waals surface area contributed by atoms with Gasteiger partial charge >= 0.3 is 5.97 Å². The number of hydrogen-bond donors (Lipinski definition) is 0. The van der Waals surface area contributed by atoms with Crippen molar-refractivity contribution in [3.63, 3.8) is 0 Å². The van der Waals surface area contributed by atoms with Gasteiger partial charge in [-0.05, 0) is 68.6 Å². The highest BCUT2D eigenvalue weighted by Gasteiger charge is 2.41. The van der Waals surface area contributed by atoms with Crippen LogP contribution in [0, 0.1) is 12.8 Å². The summed E-state index contributed by atoms with van der Waals surface area (Å²) in [4.78, 5) is 33.8. The maximum Gasteiger partial charge on any atom is 0.325 e. The number of hydrogen-bond acceptors (Lipinski definition) is 5. The first-order valence-electron chi connectivity index (χ1n) is 13.1. The van der Waals surface area contributed by atoms with Gasteiger partial charge in [-0.3, -0.25) is 14.5 Å². The van der Waals surface area contributed by atoms with E-state index in [1.54, 1.807) is 0 Å². The minimum absolute atomic E-state index is 0.0139. The van der Waals surface area contributed by atoms with Crippen LogP contribution in [0.3, 0.4) is 0 Å². The molecule has 1 aliphatic heterocycles. The number of benzene rings is 2. The zero-order chi connectivity index (χ0) is 25.9. The average Bonchev–Trinajstić information content (AvgIpc) is 3.34. The van der Waals surface area contributed by atoms with Crippen LogP contribution in [0.2, 0.25) is 0 Å². The van der Waals surface area contributed by atoms with Crippen molar-refractivity contribution < 1.29 is 14.3 Å². The minimum atomic E-state index is -0.272. The lowest BCUT2D eigenvalue weighted by Crippen LogP contribution is -2.44. The Morgan fingerprint density at radius 3 is 2.59 bits per heavy atom. The van der Waals surface area contributed by atoms with Gasteiger partial charge in [-0.25, -0.2) is 4.99 Å². The predicted octanol–water partition coefficient (Wildman–Crippen LogP) is 6.70. The Morgan fingerprint density at radius 2 is 1.84 bits per heavy atom. The van der Waals surface area contributed by atoms with Crippen LogP contribution < -0.4 is 0 Å². The van der Waals surface area contributed by atoms with E-state index in [1.807, 2.05) is 84.0 Å². The van der Waals surface area contributed by atoms with Gasteiger partial charge in [-0.2, -0.15) is 0 Å². The summed E-state index contributed by atoms with van der Waals surface area (Å²) in [6.45, 7) is 6.53. The summed E-state index contributed by atoms with van der Waals surface area (Å²) in [5.74, 6) is 0.165. The van der Waals surface area contributed by atoms with E-state index in [1.165, 1.54) is 18.2 Å². The van der Waals surface area contributed by atoms with E-state index in [9.17, 15) is 9.59 Å². The quantitative estimate of drug-likeness (QED) is 0.271. The van der Waals surface area contributed by atoms with Crippen LogP contribution in [0.1, 0.15) is 50.8 Å². The van der Waals surface area contributed by atoms with E-state index in [2.05, 4.69) is 6.92 Å². The number of ether oxygens (including phenoxy) is 1. The highest BCUT2D eigenvalue weighted by atomic mass is 32.2. The van der Waals surface area contributed by atoms with Gasteiger partial charge in [0.05, 0.1) is 17.2 Å². The van der Waals surface area contributed by atoms with Crippen molar-refractivity contribution in [2.45, 2.75) is 59.0 Å². The van der Waals surface area contributed by atoms with E-state index < -0.39 is 0 Å². The molecule has 0 bridgehead atoms. The molecule has 1 aromatic heterocycles. The molecule has 1 saturated heterocycles. The van der Waals surface area contributed by atoms with Gasteiger partial charge in [0.2, 0.25) is 0 Å². The molecule has 2 heterocycles. The molecule has 37 heavy (non-hydrogen) atoms. The predicted molar refractivity (Wildman–Crippen MR) is 151 cm³/mol. The van der Waals surface area contributed by atoms with E-state index in [-0.39, 0.29) is 24.5 Å². The van der Waals surface area contributed by atoms with Crippen LogP contribution in [-0.2, 0) is 20.9 Å². The topological polar surface area (TPSA) is 63.9 Å². The standard InChI is InChI=1S/C30H33N3O3S/c1-4-36-28(34)19-32-21(3)24(23-15-9-11-17-26(23)32)18-27-29(35)33(25-16-10-8-12-20(25)2)30(37-27)31-22-13-6-5-7-14-22/h5-7,9,11,13-15,17-18,20,25H,4,8,10,12,16,19H2,1-3H3/b27-18-,31-30?/t20-,25-/m1/s1. The Labute approximate surface area is 222 Å². The van der Waals surface area contributed by atoms with E-state index in [0.29, 0.717) is 17.4 Å². The largest absolute Gasteiger partial charge is 0.465 e. The van der Waals surface area contributed by atoms with Crippen molar-refractivity contribution in [3.05, 3.63) is 70.8 Å². The third-order valence-electron chi connectivity index (χ3n) is 7.36. The second kappa shape index (κ2) is 11.0. The molecule has 0 N–H and O–H groups in total. The van der Waals surface area contributed by atoms with Crippen LogP contribution >= 0.6 is 11.8 Å². The van der Waals surface area contributed by atoms with Gasteiger partial charge < -0.3 is 9.30 Å². The zero-order valence-electron chi connectivity index (χ0n) is 21.6. The monoisotopic (exact) mass is 515 g/mol. The Kier molecular flexibility index (Phi) is 7.51. The fraction of sp³-hybridized carbons (Fsp3) is 0.367. The maximum atomic E-state index is 13.9. The summed E-state index contributed by atoms with van der Waals surface area (Å²) in [6.07, 6.45) is 6.44. The molecule has 0 radical (unpaired) electrons. The molecule has 1 saturated carbocycles. The molecule has 192 valence electrons. The van der Waals surface area contributed by atoms with Crippen molar-refractivity contribution in [2.75, 3.05) is 6.61 Å². The number of rotatable bonds is 6. The van der Waals surface area contributed by atoms with E-state index in [4.69, 9.17) is 9.73 Å². The Morgan fingerprint density at radius 1 is 1.11 bits per heavy atom. The molecule has 1 amide bonds. The molecule has 7 heteroatoms. The second-order valence-corrected chi connectivity index (χ2v) is 10.8. The molecule has 5 rings (SSSR count). The average molecular weight is 516 g/mol. The molecular weight excluding hydrogens is 482 g/mol. The van der Waals surface area contributed by atoms with E-state index >= 15 is 0 Å². The Balaban J connectivity index is 1.58. The fourth-order valence-corrected chi connectivity index (χ4v) is 6.49. The molecule has 1 aliphatic carbocycles. The number of aromatic nitrogens is 1. The van der Waals surface area contributed by atoms with Gasteiger partial charge in [0.15, 0.2) is 5.17 Å². The van der Waals surface area contributed by atoms with Crippen molar-refractivity contribution in [2.24, 2.45) is 10.9 Å². The Bertz CT molecular complexity index is 1380. The molecule has 0 spiro atoms. The molecule has 2 atom stereocenters. The van der Waals surface area contributed by atoms with Crippen LogP contribution in [0.5, 0.6) is 0 Å². The summed E-state index contributed by atoms with van der Waals surface area (Å²) in [7, 11) is 0. The number of amides is 1. The number of aliphatic imine (C=N–C) groups is 1. The van der Waals surface area contributed by atoms with Crippen molar-refractivity contribution in [1.82, 2.24) is 9.47 Å². The summed E-state index contributed by atoms with van der Waals surface area (Å²) >= 11 is 1.45. The maximum absolute atomic E-state index is 13.9. The van der Waals surface area contributed by atoms with Crippen LogP contribution in [0.25, 0.3) is 17.0 Å². The van der Waals surface area contributed by atoms with Crippen LogP contribution in [0.4, 0.5) is 5.69 Å². The highest BCUT2D eigenvalue weighted by Crippen LogP contribution is 2.41. The minimum Gasteiger partial charge on any atom is -0.465 e. The summed E-state index contributed by atoms with van der Waals surface area (Å²) < 4.78 is 7.19.